The van der Waals surface area contributed by atoms with Gasteiger partial charge in [-0.05, 0) is 49.8 Å². The van der Waals surface area contributed by atoms with E-state index in [9.17, 15) is 19.5 Å². The van der Waals surface area contributed by atoms with Crippen molar-refractivity contribution in [1.29, 1.82) is 0 Å². The number of likely N-dealkylation sites (tertiary alicyclic amines) is 1. The van der Waals surface area contributed by atoms with Gasteiger partial charge >= 0.3 is 5.97 Å². The summed E-state index contributed by atoms with van der Waals surface area (Å²) in [6.45, 7) is 9.52. The highest BCUT2D eigenvalue weighted by Gasteiger charge is 2.74. The molecule has 6 atom stereocenters. The first-order chi connectivity index (χ1) is 20.3. The number of aliphatic hydroxyl groups is 1. The maximum Gasteiger partial charge on any atom is 0.310 e. The zero-order chi connectivity index (χ0) is 30.0. The lowest BCUT2D eigenvalue weighted by Gasteiger charge is -2.40. The maximum absolute atomic E-state index is 14.9. The molecule has 9 heteroatoms. The van der Waals surface area contributed by atoms with Crippen molar-refractivity contribution in [2.75, 3.05) is 24.7 Å². The number of fused-ring (bicyclic) bond motifs is 1. The van der Waals surface area contributed by atoms with Crippen LogP contribution in [-0.2, 0) is 25.5 Å². The van der Waals surface area contributed by atoms with Crippen molar-refractivity contribution >= 4 is 46.8 Å². The zero-order valence-corrected chi connectivity index (χ0v) is 25.4. The smallest absolute Gasteiger partial charge is 0.310 e. The van der Waals surface area contributed by atoms with Gasteiger partial charge in [-0.1, -0.05) is 66.2 Å². The molecule has 0 radical (unpaired) electrons. The number of amides is 2. The topological polar surface area (TPSA) is 87.2 Å². The number of rotatable bonds is 12. The molecule has 42 heavy (non-hydrogen) atoms. The average Bonchev–Trinajstić information content (AvgIpc) is 3.63. The van der Waals surface area contributed by atoms with E-state index in [4.69, 9.17) is 16.3 Å². The minimum Gasteiger partial charge on any atom is -0.465 e. The number of benzene rings is 2. The monoisotopic (exact) mass is 608 g/mol. The highest BCUT2D eigenvalue weighted by Crippen LogP contribution is 2.67. The molecule has 1 spiro atoms. The van der Waals surface area contributed by atoms with Gasteiger partial charge in [0.15, 0.2) is 0 Å². The summed E-state index contributed by atoms with van der Waals surface area (Å²) in [4.78, 5) is 46.0. The minimum atomic E-state index is -0.910. The molecule has 5 rings (SSSR count). The number of halogens is 1. The fraction of sp³-hybridized carbons (Fsp3) is 0.424. The zero-order valence-electron chi connectivity index (χ0n) is 23.8. The lowest BCUT2D eigenvalue weighted by molar-refractivity contribution is -0.154. The Morgan fingerprint density at radius 1 is 1.21 bits per heavy atom. The van der Waals surface area contributed by atoms with E-state index in [1.165, 1.54) is 0 Å². The first-order valence-electron chi connectivity index (χ1n) is 14.4. The molecular formula is C33H37ClN2O5S. The largest absolute Gasteiger partial charge is 0.465 e. The predicted octanol–water partition coefficient (Wildman–Crippen LogP) is 4.98. The van der Waals surface area contributed by atoms with Crippen LogP contribution in [0.2, 0.25) is 5.02 Å². The van der Waals surface area contributed by atoms with Crippen molar-refractivity contribution in [2.24, 2.45) is 11.8 Å². The second kappa shape index (κ2) is 12.7. The van der Waals surface area contributed by atoms with E-state index in [0.29, 0.717) is 36.4 Å². The van der Waals surface area contributed by atoms with E-state index in [1.807, 2.05) is 49.4 Å². The fourth-order valence-electron chi connectivity index (χ4n) is 7.04. The summed E-state index contributed by atoms with van der Waals surface area (Å²) >= 11 is 8.24. The minimum absolute atomic E-state index is 0.121. The lowest BCUT2D eigenvalue weighted by atomic mass is 9.71. The standard InChI is InChI=1S/C33H37ClN2O5S/c1-4-6-18-41-32(40)26-25-15-16-33(42-25)27(26)30(38)36(23(20-37)19-22-12-8-7-9-13-22)29(33)31(39)35(17-5-2)28-21(3)11-10-14-24(28)34/h4-5,7-14,23,25-27,29,37H,1-2,6,15-20H2,3H3/t23-,25+,26-,27+,29?,33?/m1/s1. The maximum atomic E-state index is 14.9. The Balaban J connectivity index is 1.60. The van der Waals surface area contributed by atoms with Gasteiger partial charge in [0.1, 0.15) is 6.04 Å². The van der Waals surface area contributed by atoms with E-state index in [1.54, 1.807) is 39.8 Å². The molecule has 0 saturated carbocycles. The molecule has 3 saturated heterocycles. The normalized spacial score (nSPS) is 26.5. The number of hydrogen-bond donors (Lipinski definition) is 1. The number of nitrogens with zero attached hydrogens (tertiary/aromatic N) is 2. The Morgan fingerprint density at radius 2 is 1.98 bits per heavy atom. The van der Waals surface area contributed by atoms with Crippen LogP contribution in [0.1, 0.15) is 30.4 Å². The molecule has 3 heterocycles. The number of carbonyl (C=O) groups is 3. The van der Waals surface area contributed by atoms with E-state index in [-0.39, 0.29) is 36.8 Å². The van der Waals surface area contributed by atoms with Crippen LogP contribution in [0.4, 0.5) is 5.69 Å². The van der Waals surface area contributed by atoms with Gasteiger partial charge in [0, 0.05) is 11.8 Å². The summed E-state index contributed by atoms with van der Waals surface area (Å²) in [5, 5.41) is 11.0. The van der Waals surface area contributed by atoms with Crippen molar-refractivity contribution in [3.8, 4) is 0 Å². The third kappa shape index (κ3) is 5.18. The molecule has 2 aromatic rings. The number of para-hydroxylation sites is 1. The molecule has 7 nitrogen and oxygen atoms in total. The Bertz CT molecular complexity index is 1350. The lowest BCUT2D eigenvalue weighted by Crippen LogP contribution is -2.58. The summed E-state index contributed by atoms with van der Waals surface area (Å²) < 4.78 is 4.77. The highest BCUT2D eigenvalue weighted by molar-refractivity contribution is 8.02. The van der Waals surface area contributed by atoms with Crippen molar-refractivity contribution in [2.45, 2.75) is 54.7 Å². The van der Waals surface area contributed by atoms with Crippen LogP contribution >= 0.6 is 23.4 Å². The average molecular weight is 609 g/mol. The van der Waals surface area contributed by atoms with E-state index in [2.05, 4.69) is 13.2 Å². The molecule has 222 valence electrons. The van der Waals surface area contributed by atoms with Crippen LogP contribution in [0, 0.1) is 18.8 Å². The van der Waals surface area contributed by atoms with Crippen LogP contribution in [-0.4, -0.2) is 69.6 Å². The Kier molecular flexibility index (Phi) is 9.16. The molecule has 2 unspecified atom stereocenters. The number of aryl methyl sites for hydroxylation is 1. The van der Waals surface area contributed by atoms with Gasteiger partial charge in [0.2, 0.25) is 5.91 Å². The van der Waals surface area contributed by atoms with Crippen LogP contribution in [0.5, 0.6) is 0 Å². The van der Waals surface area contributed by atoms with Crippen molar-refractivity contribution < 1.29 is 24.2 Å². The van der Waals surface area contributed by atoms with Crippen molar-refractivity contribution in [3.05, 3.63) is 90.0 Å². The number of hydrogen-bond acceptors (Lipinski definition) is 6. The number of ether oxygens (including phenoxy) is 1. The third-order valence-electron chi connectivity index (χ3n) is 8.76. The highest BCUT2D eigenvalue weighted by atomic mass is 35.5. The summed E-state index contributed by atoms with van der Waals surface area (Å²) in [5.41, 5.74) is 2.32. The second-order valence-corrected chi connectivity index (χ2v) is 13.2. The van der Waals surface area contributed by atoms with Gasteiger partial charge in [0.25, 0.3) is 5.91 Å². The molecule has 3 aliphatic rings. The Labute approximate surface area is 256 Å². The number of anilines is 1. The first-order valence-corrected chi connectivity index (χ1v) is 15.6. The quantitative estimate of drug-likeness (QED) is 0.208. The molecule has 2 amide bonds. The summed E-state index contributed by atoms with van der Waals surface area (Å²) in [6.07, 6.45) is 5.51. The summed E-state index contributed by atoms with van der Waals surface area (Å²) in [7, 11) is 0. The van der Waals surface area contributed by atoms with E-state index >= 15 is 0 Å². The Hall–Kier alpha value is -3.07. The molecule has 0 aromatic heterocycles. The first kappa shape index (κ1) is 30.4. The third-order valence-corrected chi connectivity index (χ3v) is 11.0. The second-order valence-electron chi connectivity index (χ2n) is 11.2. The van der Waals surface area contributed by atoms with Gasteiger partial charge in [-0.3, -0.25) is 14.4 Å². The van der Waals surface area contributed by atoms with Crippen LogP contribution in [0.25, 0.3) is 0 Å². The number of esters is 1. The van der Waals surface area contributed by atoms with Crippen LogP contribution < -0.4 is 4.90 Å². The Morgan fingerprint density at radius 3 is 2.64 bits per heavy atom. The van der Waals surface area contributed by atoms with Gasteiger partial charge in [-0.15, -0.1) is 24.9 Å². The van der Waals surface area contributed by atoms with Crippen LogP contribution in [0.3, 0.4) is 0 Å². The summed E-state index contributed by atoms with van der Waals surface area (Å²) in [6, 6.07) is 13.5. The van der Waals surface area contributed by atoms with Gasteiger partial charge in [-0.2, -0.15) is 0 Å². The number of aliphatic hydroxyl groups excluding tert-OH is 1. The SMILES string of the molecule is C=CCCOC(=O)[C@@H]1[C@@H]2CCC3(S2)C(C(=O)N(CC=C)c2c(C)cccc2Cl)N([C@@H](CO)Cc2ccccc2)C(=O)[C@H]13. The molecular weight excluding hydrogens is 572 g/mol. The van der Waals surface area contributed by atoms with Crippen molar-refractivity contribution in [1.82, 2.24) is 4.90 Å². The van der Waals surface area contributed by atoms with Crippen LogP contribution in [0.15, 0.2) is 73.8 Å². The number of carbonyl (C=O) groups excluding carboxylic acids is 3. The molecule has 2 bridgehead atoms. The van der Waals surface area contributed by atoms with E-state index < -0.39 is 34.6 Å². The van der Waals surface area contributed by atoms with Gasteiger partial charge in [-0.25, -0.2) is 0 Å². The molecule has 1 N–H and O–H groups in total. The van der Waals surface area contributed by atoms with E-state index in [0.717, 1.165) is 11.1 Å². The molecule has 2 aromatic carbocycles. The number of thioether (sulfide) groups is 1. The molecule has 3 aliphatic heterocycles. The summed E-state index contributed by atoms with van der Waals surface area (Å²) in [5.74, 6) is -2.36. The van der Waals surface area contributed by atoms with Gasteiger partial charge < -0.3 is 19.6 Å². The molecule has 0 aliphatic carbocycles. The van der Waals surface area contributed by atoms with Crippen molar-refractivity contribution in [3.63, 3.8) is 0 Å². The molecule has 3 fully saturated rings. The van der Waals surface area contributed by atoms with Gasteiger partial charge in [0.05, 0.1) is 46.5 Å². The predicted molar refractivity (Wildman–Crippen MR) is 166 cm³/mol. The fourth-order valence-corrected chi connectivity index (χ4v) is 9.55.